The van der Waals surface area contributed by atoms with Crippen molar-refractivity contribution in [2.24, 2.45) is 7.05 Å². The van der Waals surface area contributed by atoms with Gasteiger partial charge < -0.3 is 5.11 Å². The van der Waals surface area contributed by atoms with E-state index >= 15 is 0 Å². The zero-order valence-electron chi connectivity index (χ0n) is 15.1. The van der Waals surface area contributed by atoms with Gasteiger partial charge in [-0.15, -0.1) is 0 Å². The fourth-order valence-electron chi connectivity index (χ4n) is 3.07. The van der Waals surface area contributed by atoms with Crippen LogP contribution in [0.5, 0.6) is 0 Å². The van der Waals surface area contributed by atoms with Crippen LogP contribution in [-0.4, -0.2) is 15.6 Å². The average Bonchev–Trinajstić information content (AvgIpc) is 2.86. The molecule has 1 N–H and O–H groups in total. The molecule has 0 saturated heterocycles. The Balaban J connectivity index is 2.16. The third-order valence-corrected chi connectivity index (χ3v) is 4.50. The van der Waals surface area contributed by atoms with E-state index in [9.17, 15) is 4.79 Å². The normalized spacial score (nSPS) is 11.0. The second-order valence-electron chi connectivity index (χ2n) is 6.59. The standard InChI is InChI=1S/C19H34N2O2/c1-3-4-5-6-7-8-9-10-11-13-18-20(2)16-17-21(18)15-12-14-19(22)23/h16-17H,3-15H2,1-2H3/p+1. The minimum Gasteiger partial charge on any atom is -0.481 e. The molecule has 23 heavy (non-hydrogen) atoms. The fraction of sp³-hybridized carbons (Fsp3) is 0.789. The second kappa shape index (κ2) is 12.1. The number of unbranched alkanes of at least 4 members (excludes halogenated alkanes) is 8. The van der Waals surface area contributed by atoms with Crippen molar-refractivity contribution in [1.82, 2.24) is 4.57 Å². The van der Waals surface area contributed by atoms with E-state index in [1.807, 2.05) is 0 Å². The molecule has 1 heterocycles. The Labute approximate surface area is 141 Å². The Morgan fingerprint density at radius 1 is 1.04 bits per heavy atom. The number of aromatic nitrogens is 2. The first-order chi connectivity index (χ1) is 11.1. The highest BCUT2D eigenvalue weighted by Gasteiger charge is 2.14. The predicted octanol–water partition coefficient (Wildman–Crippen LogP) is 4.25. The number of imidazole rings is 1. The highest BCUT2D eigenvalue weighted by Crippen LogP contribution is 2.11. The van der Waals surface area contributed by atoms with Crippen LogP contribution in [0.2, 0.25) is 0 Å². The molecule has 0 atom stereocenters. The molecule has 0 aromatic carbocycles. The highest BCUT2D eigenvalue weighted by molar-refractivity contribution is 5.66. The van der Waals surface area contributed by atoms with Crippen LogP contribution < -0.4 is 4.57 Å². The summed E-state index contributed by atoms with van der Waals surface area (Å²) in [5.41, 5.74) is 0. The molecule has 1 aromatic rings. The fourth-order valence-corrected chi connectivity index (χ4v) is 3.07. The van der Waals surface area contributed by atoms with Crippen LogP contribution in [0.1, 0.15) is 83.4 Å². The number of nitrogens with zero attached hydrogens (tertiary/aromatic N) is 2. The van der Waals surface area contributed by atoms with Gasteiger partial charge >= 0.3 is 5.97 Å². The van der Waals surface area contributed by atoms with Crippen LogP contribution in [0, 0.1) is 0 Å². The molecule has 0 radical (unpaired) electrons. The summed E-state index contributed by atoms with van der Waals surface area (Å²) >= 11 is 0. The van der Waals surface area contributed by atoms with E-state index in [2.05, 4.69) is 35.5 Å². The molecule has 0 aliphatic heterocycles. The van der Waals surface area contributed by atoms with Crippen molar-refractivity contribution in [3.8, 4) is 0 Å². The zero-order valence-corrected chi connectivity index (χ0v) is 15.1. The van der Waals surface area contributed by atoms with Crippen molar-refractivity contribution in [3.63, 3.8) is 0 Å². The lowest BCUT2D eigenvalue weighted by molar-refractivity contribution is -0.678. The van der Waals surface area contributed by atoms with Crippen LogP contribution in [0.15, 0.2) is 12.4 Å². The SMILES string of the molecule is CCCCCCCCCCCc1n(CCCC(=O)O)cc[n+]1C. The van der Waals surface area contributed by atoms with Gasteiger partial charge in [-0.1, -0.05) is 58.3 Å². The molecule has 0 fully saturated rings. The third kappa shape index (κ3) is 8.77. The van der Waals surface area contributed by atoms with E-state index in [4.69, 9.17) is 5.11 Å². The molecule has 1 rings (SSSR count). The Hall–Kier alpha value is -1.32. The summed E-state index contributed by atoms with van der Waals surface area (Å²) in [6.07, 6.45) is 18.3. The number of aliphatic carboxylic acids is 1. The number of rotatable bonds is 14. The number of hydrogen-bond donors (Lipinski definition) is 1. The maximum absolute atomic E-state index is 10.6. The molecule has 0 aliphatic rings. The van der Waals surface area contributed by atoms with Crippen molar-refractivity contribution in [2.75, 3.05) is 0 Å². The summed E-state index contributed by atoms with van der Waals surface area (Å²) < 4.78 is 4.39. The van der Waals surface area contributed by atoms with Gasteiger partial charge in [0.15, 0.2) is 0 Å². The van der Waals surface area contributed by atoms with Crippen molar-refractivity contribution in [1.29, 1.82) is 0 Å². The summed E-state index contributed by atoms with van der Waals surface area (Å²) in [6, 6.07) is 0. The summed E-state index contributed by atoms with van der Waals surface area (Å²) in [5.74, 6) is 0.611. The van der Waals surface area contributed by atoms with E-state index in [1.54, 1.807) is 0 Å². The van der Waals surface area contributed by atoms with Crippen molar-refractivity contribution >= 4 is 5.97 Å². The molecular weight excluding hydrogens is 288 g/mol. The molecule has 4 heteroatoms. The lowest BCUT2D eigenvalue weighted by Crippen LogP contribution is -2.32. The maximum Gasteiger partial charge on any atom is 0.303 e. The molecule has 0 unspecified atom stereocenters. The first-order valence-corrected chi connectivity index (χ1v) is 9.40. The summed E-state index contributed by atoms with van der Waals surface area (Å²) in [6.45, 7) is 3.07. The number of carboxylic acids is 1. The average molecular weight is 324 g/mol. The monoisotopic (exact) mass is 323 g/mol. The number of carbonyl (C=O) groups is 1. The van der Waals surface area contributed by atoms with E-state index in [0.29, 0.717) is 6.42 Å². The van der Waals surface area contributed by atoms with E-state index in [1.165, 1.54) is 63.6 Å². The van der Waals surface area contributed by atoms with E-state index in [-0.39, 0.29) is 6.42 Å². The van der Waals surface area contributed by atoms with Gasteiger partial charge in [-0.3, -0.25) is 4.79 Å². The largest absolute Gasteiger partial charge is 0.481 e. The lowest BCUT2D eigenvalue weighted by atomic mass is 10.1. The van der Waals surface area contributed by atoms with Crippen LogP contribution in [0.25, 0.3) is 0 Å². The van der Waals surface area contributed by atoms with Gasteiger partial charge in [0.1, 0.15) is 12.4 Å². The van der Waals surface area contributed by atoms with Crippen LogP contribution in [-0.2, 0) is 24.8 Å². The number of hydrogen-bond acceptors (Lipinski definition) is 1. The smallest absolute Gasteiger partial charge is 0.303 e. The Bertz CT molecular complexity index is 441. The summed E-state index contributed by atoms with van der Waals surface area (Å²) in [7, 11) is 2.08. The zero-order chi connectivity index (χ0) is 16.9. The molecular formula is C19H35N2O2+. The van der Waals surface area contributed by atoms with Crippen LogP contribution in [0.4, 0.5) is 0 Å². The first kappa shape index (κ1) is 19.7. The van der Waals surface area contributed by atoms with E-state index in [0.717, 1.165) is 13.0 Å². The molecule has 0 bridgehead atoms. The van der Waals surface area contributed by atoms with Gasteiger partial charge in [-0.2, -0.15) is 0 Å². The highest BCUT2D eigenvalue weighted by atomic mass is 16.4. The van der Waals surface area contributed by atoms with Gasteiger partial charge in [0.05, 0.1) is 13.6 Å². The van der Waals surface area contributed by atoms with Gasteiger partial charge in [0.25, 0.3) is 5.82 Å². The Kier molecular flexibility index (Phi) is 10.4. The first-order valence-electron chi connectivity index (χ1n) is 9.40. The van der Waals surface area contributed by atoms with Crippen LogP contribution >= 0.6 is 0 Å². The number of aryl methyl sites for hydroxylation is 2. The Morgan fingerprint density at radius 2 is 1.65 bits per heavy atom. The van der Waals surface area contributed by atoms with E-state index < -0.39 is 5.97 Å². The van der Waals surface area contributed by atoms with Gasteiger partial charge in [-0.05, 0) is 12.8 Å². The molecule has 0 saturated carbocycles. The van der Waals surface area contributed by atoms with Crippen LogP contribution in [0.3, 0.4) is 0 Å². The van der Waals surface area contributed by atoms with Crippen molar-refractivity contribution in [3.05, 3.63) is 18.2 Å². The van der Waals surface area contributed by atoms with Gasteiger partial charge in [0, 0.05) is 12.8 Å². The minimum atomic E-state index is -0.706. The molecule has 0 spiro atoms. The minimum absolute atomic E-state index is 0.249. The molecule has 1 aromatic heterocycles. The predicted molar refractivity (Wildman–Crippen MR) is 93.4 cm³/mol. The molecule has 4 nitrogen and oxygen atoms in total. The topological polar surface area (TPSA) is 46.1 Å². The van der Waals surface area contributed by atoms with Gasteiger partial charge in [0.2, 0.25) is 0 Å². The quantitative estimate of drug-likeness (QED) is 0.411. The summed E-state index contributed by atoms with van der Waals surface area (Å²) in [4.78, 5) is 10.6. The van der Waals surface area contributed by atoms with Crippen molar-refractivity contribution in [2.45, 2.75) is 90.5 Å². The van der Waals surface area contributed by atoms with Crippen molar-refractivity contribution < 1.29 is 14.5 Å². The second-order valence-corrected chi connectivity index (χ2v) is 6.59. The Morgan fingerprint density at radius 3 is 2.26 bits per heavy atom. The maximum atomic E-state index is 10.6. The molecule has 0 amide bonds. The van der Waals surface area contributed by atoms with Gasteiger partial charge in [-0.25, -0.2) is 9.13 Å². The summed E-state index contributed by atoms with van der Waals surface area (Å²) in [5, 5.41) is 8.74. The lowest BCUT2D eigenvalue weighted by Gasteiger charge is -2.04. The number of carboxylic acid groups (broad SMARTS) is 1. The molecule has 132 valence electrons. The third-order valence-electron chi connectivity index (χ3n) is 4.50. The molecule has 0 aliphatic carbocycles.